The maximum absolute atomic E-state index is 13.0. The minimum absolute atomic E-state index is 0.0392. The zero-order valence-electron chi connectivity index (χ0n) is 10.8. The van der Waals surface area contributed by atoms with Gasteiger partial charge in [-0.1, -0.05) is 29.8 Å². The molecule has 1 amide bonds. The van der Waals surface area contributed by atoms with Gasteiger partial charge in [0.2, 0.25) is 0 Å². The van der Waals surface area contributed by atoms with E-state index in [1.807, 2.05) is 25.1 Å². The fourth-order valence-electron chi connectivity index (χ4n) is 1.63. The molecule has 0 atom stereocenters. The van der Waals surface area contributed by atoms with E-state index in [0.717, 1.165) is 5.56 Å². The number of carbonyl (C=O) groups excluding carboxylic acids is 1. The van der Waals surface area contributed by atoms with Crippen LogP contribution >= 0.6 is 11.6 Å². The van der Waals surface area contributed by atoms with Gasteiger partial charge in [0.15, 0.2) is 6.61 Å². The lowest BCUT2D eigenvalue weighted by atomic mass is 10.2. The molecule has 0 radical (unpaired) electrons. The zero-order valence-corrected chi connectivity index (χ0v) is 11.6. The fourth-order valence-corrected chi connectivity index (χ4v) is 1.81. The smallest absolute Gasteiger partial charge is 0.262 e. The molecule has 2 rings (SSSR count). The first kappa shape index (κ1) is 14.3. The second-order valence-electron chi connectivity index (χ2n) is 4.23. The number of nitrogens with one attached hydrogen (secondary N) is 1. The van der Waals surface area contributed by atoms with Crippen molar-refractivity contribution in [2.45, 2.75) is 6.92 Å². The molecule has 1 N–H and O–H groups in total. The number of benzene rings is 2. The van der Waals surface area contributed by atoms with Crippen molar-refractivity contribution in [2.24, 2.45) is 0 Å². The van der Waals surface area contributed by atoms with E-state index >= 15 is 0 Å². The summed E-state index contributed by atoms with van der Waals surface area (Å²) >= 11 is 5.63. The van der Waals surface area contributed by atoms with Crippen LogP contribution in [0.25, 0.3) is 0 Å². The molecule has 0 aromatic heterocycles. The van der Waals surface area contributed by atoms with Gasteiger partial charge in [0, 0.05) is 5.69 Å². The number of anilines is 1. The molecule has 104 valence electrons. The second-order valence-corrected chi connectivity index (χ2v) is 4.64. The Balaban J connectivity index is 1.93. The van der Waals surface area contributed by atoms with Crippen LogP contribution in [0.15, 0.2) is 42.5 Å². The maximum atomic E-state index is 13.0. The lowest BCUT2D eigenvalue weighted by molar-refractivity contribution is -0.118. The number of amides is 1. The number of halogens is 2. The summed E-state index contributed by atoms with van der Waals surface area (Å²) in [6.07, 6.45) is 0. The van der Waals surface area contributed by atoms with E-state index in [1.54, 1.807) is 6.07 Å². The molecular formula is C15H13ClFNO2. The van der Waals surface area contributed by atoms with Crippen molar-refractivity contribution in [3.05, 3.63) is 58.9 Å². The average molecular weight is 294 g/mol. The highest BCUT2D eigenvalue weighted by molar-refractivity contribution is 6.31. The molecule has 0 saturated carbocycles. The van der Waals surface area contributed by atoms with E-state index in [1.165, 1.54) is 18.2 Å². The van der Waals surface area contributed by atoms with Crippen LogP contribution in [-0.2, 0) is 4.79 Å². The third-order valence-electron chi connectivity index (χ3n) is 2.66. The Kier molecular flexibility index (Phi) is 4.58. The van der Waals surface area contributed by atoms with Gasteiger partial charge in [0.1, 0.15) is 11.6 Å². The molecule has 0 aliphatic rings. The van der Waals surface area contributed by atoms with Crippen LogP contribution in [-0.4, -0.2) is 12.5 Å². The Bertz CT molecular complexity index is 631. The number of hydrogen-bond donors (Lipinski definition) is 1. The van der Waals surface area contributed by atoms with Crippen molar-refractivity contribution < 1.29 is 13.9 Å². The standard InChI is InChI=1S/C15H13ClFNO2/c1-10-4-2-3-5-14(10)20-9-15(19)18-11-6-7-13(17)12(16)8-11/h2-8H,9H2,1H3,(H,18,19). The fraction of sp³-hybridized carbons (Fsp3) is 0.133. The summed E-state index contributed by atoms with van der Waals surface area (Å²) in [7, 11) is 0. The largest absolute Gasteiger partial charge is 0.483 e. The van der Waals surface area contributed by atoms with Crippen molar-refractivity contribution in [1.29, 1.82) is 0 Å². The van der Waals surface area contributed by atoms with Gasteiger partial charge in [-0.3, -0.25) is 4.79 Å². The van der Waals surface area contributed by atoms with E-state index in [0.29, 0.717) is 11.4 Å². The number of hydrogen-bond acceptors (Lipinski definition) is 2. The SMILES string of the molecule is Cc1ccccc1OCC(=O)Nc1ccc(F)c(Cl)c1. The summed E-state index contributed by atoms with van der Waals surface area (Å²) in [6, 6.07) is 11.4. The third-order valence-corrected chi connectivity index (χ3v) is 2.95. The van der Waals surface area contributed by atoms with Crippen molar-refractivity contribution in [3.8, 4) is 5.75 Å². The quantitative estimate of drug-likeness (QED) is 0.931. The zero-order chi connectivity index (χ0) is 14.5. The molecule has 0 fully saturated rings. The summed E-state index contributed by atoms with van der Waals surface area (Å²) in [5.74, 6) is -0.212. The Morgan fingerprint density at radius 3 is 2.75 bits per heavy atom. The van der Waals surface area contributed by atoms with Gasteiger partial charge < -0.3 is 10.1 Å². The number of aryl methyl sites for hydroxylation is 1. The molecule has 0 aliphatic carbocycles. The van der Waals surface area contributed by atoms with Crippen molar-refractivity contribution in [3.63, 3.8) is 0 Å². The van der Waals surface area contributed by atoms with E-state index in [9.17, 15) is 9.18 Å². The van der Waals surface area contributed by atoms with Crippen LogP contribution in [0, 0.1) is 12.7 Å². The van der Waals surface area contributed by atoms with Gasteiger partial charge >= 0.3 is 0 Å². The first-order chi connectivity index (χ1) is 9.56. The topological polar surface area (TPSA) is 38.3 Å². The third kappa shape index (κ3) is 3.71. The van der Waals surface area contributed by atoms with Gasteiger partial charge in [-0.2, -0.15) is 0 Å². The summed E-state index contributed by atoms with van der Waals surface area (Å²) in [5.41, 5.74) is 1.37. The summed E-state index contributed by atoms with van der Waals surface area (Å²) < 4.78 is 18.4. The van der Waals surface area contributed by atoms with E-state index in [2.05, 4.69) is 5.32 Å². The van der Waals surface area contributed by atoms with Crippen LogP contribution in [0.5, 0.6) is 5.75 Å². The summed E-state index contributed by atoms with van der Waals surface area (Å²) in [6.45, 7) is 1.77. The van der Waals surface area contributed by atoms with Gasteiger partial charge in [-0.05, 0) is 36.8 Å². The normalized spacial score (nSPS) is 10.2. The highest BCUT2D eigenvalue weighted by atomic mass is 35.5. The molecule has 0 saturated heterocycles. The van der Waals surface area contributed by atoms with Crippen LogP contribution in [0.3, 0.4) is 0 Å². The Labute approximate surface area is 121 Å². The molecule has 0 heterocycles. The first-order valence-electron chi connectivity index (χ1n) is 5.99. The van der Waals surface area contributed by atoms with Crippen LogP contribution in [0.2, 0.25) is 5.02 Å². The van der Waals surface area contributed by atoms with E-state index in [4.69, 9.17) is 16.3 Å². The molecule has 0 bridgehead atoms. The number of carbonyl (C=O) groups is 1. The number of rotatable bonds is 4. The lowest BCUT2D eigenvalue weighted by Crippen LogP contribution is -2.20. The molecule has 5 heteroatoms. The molecule has 20 heavy (non-hydrogen) atoms. The van der Waals surface area contributed by atoms with Gasteiger partial charge in [0.05, 0.1) is 5.02 Å². The highest BCUT2D eigenvalue weighted by Gasteiger charge is 2.07. The highest BCUT2D eigenvalue weighted by Crippen LogP contribution is 2.19. The monoisotopic (exact) mass is 293 g/mol. The van der Waals surface area contributed by atoms with Gasteiger partial charge in [0.25, 0.3) is 5.91 Å². The minimum Gasteiger partial charge on any atom is -0.483 e. The van der Waals surface area contributed by atoms with E-state index in [-0.39, 0.29) is 17.5 Å². The number of para-hydroxylation sites is 1. The second kappa shape index (κ2) is 6.39. The number of ether oxygens (including phenoxy) is 1. The predicted octanol–water partition coefficient (Wildman–Crippen LogP) is 3.81. The molecule has 3 nitrogen and oxygen atoms in total. The molecule has 2 aromatic rings. The summed E-state index contributed by atoms with van der Waals surface area (Å²) in [5, 5.41) is 2.55. The molecule has 0 unspecified atom stereocenters. The van der Waals surface area contributed by atoms with Crippen molar-refractivity contribution >= 4 is 23.2 Å². The van der Waals surface area contributed by atoms with E-state index < -0.39 is 5.82 Å². The lowest BCUT2D eigenvalue weighted by Gasteiger charge is -2.09. The van der Waals surface area contributed by atoms with Crippen molar-refractivity contribution in [2.75, 3.05) is 11.9 Å². The van der Waals surface area contributed by atoms with Crippen LogP contribution in [0.1, 0.15) is 5.56 Å². The average Bonchev–Trinajstić information content (AvgIpc) is 2.42. The Morgan fingerprint density at radius 2 is 2.05 bits per heavy atom. The predicted molar refractivity (Wildman–Crippen MR) is 76.7 cm³/mol. The Morgan fingerprint density at radius 1 is 1.30 bits per heavy atom. The molecule has 0 aliphatic heterocycles. The Hall–Kier alpha value is -2.07. The van der Waals surface area contributed by atoms with Crippen molar-refractivity contribution in [1.82, 2.24) is 0 Å². The molecule has 0 spiro atoms. The van der Waals surface area contributed by atoms with Crippen LogP contribution < -0.4 is 10.1 Å². The summed E-state index contributed by atoms with van der Waals surface area (Å²) in [4.78, 5) is 11.7. The molecule has 2 aromatic carbocycles. The minimum atomic E-state index is -0.527. The molecular weight excluding hydrogens is 281 g/mol. The van der Waals surface area contributed by atoms with Gasteiger partial charge in [-0.15, -0.1) is 0 Å². The van der Waals surface area contributed by atoms with Crippen LogP contribution in [0.4, 0.5) is 10.1 Å². The first-order valence-corrected chi connectivity index (χ1v) is 6.37. The van der Waals surface area contributed by atoms with Gasteiger partial charge in [-0.25, -0.2) is 4.39 Å². The maximum Gasteiger partial charge on any atom is 0.262 e.